The third kappa shape index (κ3) is 6.62. The van der Waals surface area contributed by atoms with E-state index in [1.807, 2.05) is 0 Å². The minimum Gasteiger partial charge on any atom is -0.462 e. The molecule has 0 bridgehead atoms. The van der Waals surface area contributed by atoms with Crippen molar-refractivity contribution in [3.8, 4) is 0 Å². The average Bonchev–Trinajstić information content (AvgIpc) is 3.35. The number of nitrogens with one attached hydrogen (secondary N) is 2. The zero-order chi connectivity index (χ0) is 24.8. The van der Waals surface area contributed by atoms with Crippen molar-refractivity contribution in [2.75, 3.05) is 17.2 Å². The van der Waals surface area contributed by atoms with Crippen molar-refractivity contribution < 1.29 is 19.1 Å². The number of fused-ring (bicyclic) bond motifs is 1. The van der Waals surface area contributed by atoms with E-state index < -0.39 is 5.25 Å². The van der Waals surface area contributed by atoms with Crippen LogP contribution < -0.4 is 10.6 Å². The van der Waals surface area contributed by atoms with Gasteiger partial charge in [0.05, 0.1) is 17.4 Å². The van der Waals surface area contributed by atoms with Crippen LogP contribution in [0.15, 0.2) is 4.34 Å². The van der Waals surface area contributed by atoms with Gasteiger partial charge in [0.25, 0.3) is 0 Å². The monoisotopic (exact) mass is 536 g/mol. The molecule has 8 nitrogen and oxygen atoms in total. The molecule has 4 rings (SSSR count). The Kier molecular flexibility index (Phi) is 9.18. The first-order valence-corrected chi connectivity index (χ1v) is 14.9. The van der Waals surface area contributed by atoms with Crippen LogP contribution in [0.2, 0.25) is 0 Å². The SMILES string of the molecule is CCOC(=O)c1c(NC(=O)C(C)Sc2nnc(NC(=O)C3CCCCC3)s2)sc2c1CCCCC2. The van der Waals surface area contributed by atoms with Gasteiger partial charge in [-0.1, -0.05) is 48.8 Å². The van der Waals surface area contributed by atoms with Gasteiger partial charge in [0, 0.05) is 10.8 Å². The van der Waals surface area contributed by atoms with Crippen molar-refractivity contribution in [2.45, 2.75) is 87.6 Å². The van der Waals surface area contributed by atoms with E-state index in [2.05, 4.69) is 20.8 Å². The number of thioether (sulfide) groups is 1. The number of aromatic nitrogens is 2. The number of carbonyl (C=O) groups excluding carboxylic acids is 3. The lowest BCUT2D eigenvalue weighted by Crippen LogP contribution is -2.24. The Hall–Kier alpha value is -1.98. The van der Waals surface area contributed by atoms with Crippen LogP contribution in [0.4, 0.5) is 10.1 Å². The Morgan fingerprint density at radius 3 is 2.54 bits per heavy atom. The van der Waals surface area contributed by atoms with Crippen molar-refractivity contribution in [1.82, 2.24) is 10.2 Å². The summed E-state index contributed by atoms with van der Waals surface area (Å²) in [5, 5.41) is 14.7. The molecule has 35 heavy (non-hydrogen) atoms. The second-order valence-corrected chi connectivity index (χ2v) is 12.6. The summed E-state index contributed by atoms with van der Waals surface area (Å²) >= 11 is 4.05. The zero-order valence-electron chi connectivity index (χ0n) is 20.2. The van der Waals surface area contributed by atoms with Crippen molar-refractivity contribution in [3.63, 3.8) is 0 Å². The Labute approximate surface area is 218 Å². The van der Waals surface area contributed by atoms with Crippen LogP contribution in [0.5, 0.6) is 0 Å². The van der Waals surface area contributed by atoms with E-state index >= 15 is 0 Å². The van der Waals surface area contributed by atoms with Gasteiger partial charge in [-0.2, -0.15) is 0 Å². The third-order valence-corrected chi connectivity index (χ3v) is 9.63. The predicted octanol–water partition coefficient (Wildman–Crippen LogP) is 5.68. The number of carbonyl (C=O) groups is 3. The molecule has 11 heteroatoms. The molecule has 190 valence electrons. The van der Waals surface area contributed by atoms with Gasteiger partial charge in [-0.3, -0.25) is 9.59 Å². The maximum absolute atomic E-state index is 13.0. The van der Waals surface area contributed by atoms with Crippen LogP contribution >= 0.6 is 34.4 Å². The molecule has 0 saturated heterocycles. The van der Waals surface area contributed by atoms with E-state index in [4.69, 9.17) is 4.74 Å². The molecule has 1 atom stereocenters. The fraction of sp³-hybridized carbons (Fsp3) is 0.625. The highest BCUT2D eigenvalue weighted by molar-refractivity contribution is 8.02. The molecule has 1 saturated carbocycles. The second kappa shape index (κ2) is 12.3. The first-order chi connectivity index (χ1) is 17.0. The zero-order valence-corrected chi connectivity index (χ0v) is 22.6. The summed E-state index contributed by atoms with van der Waals surface area (Å²) in [6.45, 7) is 3.87. The van der Waals surface area contributed by atoms with Gasteiger partial charge in [0.15, 0.2) is 4.34 Å². The fourth-order valence-corrected chi connectivity index (χ4v) is 7.73. The van der Waals surface area contributed by atoms with Crippen LogP contribution in [0.25, 0.3) is 0 Å². The van der Waals surface area contributed by atoms with Gasteiger partial charge in [-0.05, 0) is 57.9 Å². The second-order valence-electron chi connectivity index (χ2n) is 8.94. The molecule has 2 amide bonds. The first kappa shape index (κ1) is 26.1. The minimum absolute atomic E-state index is 0.00662. The normalized spacial score (nSPS) is 17.2. The number of hydrogen-bond donors (Lipinski definition) is 2. The topological polar surface area (TPSA) is 110 Å². The lowest BCUT2D eigenvalue weighted by molar-refractivity contribution is -0.120. The van der Waals surface area contributed by atoms with Gasteiger partial charge in [0.1, 0.15) is 5.00 Å². The molecular weight excluding hydrogens is 504 g/mol. The van der Waals surface area contributed by atoms with E-state index in [1.54, 1.807) is 13.8 Å². The van der Waals surface area contributed by atoms with Gasteiger partial charge < -0.3 is 15.4 Å². The predicted molar refractivity (Wildman–Crippen MR) is 141 cm³/mol. The number of hydrogen-bond acceptors (Lipinski definition) is 9. The molecule has 0 radical (unpaired) electrons. The van der Waals surface area contributed by atoms with Crippen molar-refractivity contribution in [2.24, 2.45) is 5.92 Å². The highest BCUT2D eigenvalue weighted by atomic mass is 32.2. The molecule has 0 aliphatic heterocycles. The maximum atomic E-state index is 13.0. The summed E-state index contributed by atoms with van der Waals surface area (Å²) in [5.74, 6) is -0.528. The number of ether oxygens (including phenoxy) is 1. The van der Waals surface area contributed by atoms with E-state index in [1.165, 1.54) is 45.7 Å². The van der Waals surface area contributed by atoms with Crippen molar-refractivity contribution in [3.05, 3.63) is 16.0 Å². The molecule has 2 aliphatic carbocycles. The molecule has 2 N–H and O–H groups in total. The molecule has 2 aromatic rings. The number of anilines is 2. The van der Waals surface area contributed by atoms with E-state index in [-0.39, 0.29) is 23.7 Å². The van der Waals surface area contributed by atoms with Crippen LogP contribution in [0.3, 0.4) is 0 Å². The maximum Gasteiger partial charge on any atom is 0.341 e. The Morgan fingerprint density at radius 1 is 1.03 bits per heavy atom. The summed E-state index contributed by atoms with van der Waals surface area (Å²) in [4.78, 5) is 39.4. The standard InChI is InChI=1S/C24H32N4O4S3/c1-3-32-22(31)18-16-12-8-5-9-13-17(16)34-21(18)25-19(29)14(2)33-24-28-27-23(35-24)26-20(30)15-10-6-4-7-11-15/h14-15H,3-13H2,1-2H3,(H,25,29)(H,26,27,30). The molecule has 2 aromatic heterocycles. The Morgan fingerprint density at radius 2 is 1.77 bits per heavy atom. The molecule has 1 fully saturated rings. The molecular formula is C24H32N4O4S3. The van der Waals surface area contributed by atoms with Crippen molar-refractivity contribution in [1.29, 1.82) is 0 Å². The van der Waals surface area contributed by atoms with Crippen molar-refractivity contribution >= 4 is 62.4 Å². The molecule has 0 aromatic carbocycles. The number of nitrogens with zero attached hydrogens (tertiary/aromatic N) is 2. The number of rotatable bonds is 8. The molecule has 1 unspecified atom stereocenters. The highest BCUT2D eigenvalue weighted by Gasteiger charge is 2.28. The number of amides is 2. The molecule has 2 heterocycles. The van der Waals surface area contributed by atoms with E-state index in [0.29, 0.717) is 26.6 Å². The summed E-state index contributed by atoms with van der Waals surface area (Å²) < 4.78 is 5.92. The first-order valence-electron chi connectivity index (χ1n) is 12.4. The Balaban J connectivity index is 1.39. The van der Waals surface area contributed by atoms with Gasteiger partial charge in [-0.25, -0.2) is 4.79 Å². The molecule has 0 spiro atoms. The molecule has 2 aliphatic rings. The summed E-state index contributed by atoms with van der Waals surface area (Å²) in [5.41, 5.74) is 1.55. The van der Waals surface area contributed by atoms with Gasteiger partial charge in [0.2, 0.25) is 16.9 Å². The largest absolute Gasteiger partial charge is 0.462 e. The lowest BCUT2D eigenvalue weighted by atomic mass is 9.89. The lowest BCUT2D eigenvalue weighted by Gasteiger charge is -2.19. The summed E-state index contributed by atoms with van der Waals surface area (Å²) in [6, 6.07) is 0. The summed E-state index contributed by atoms with van der Waals surface area (Å²) in [7, 11) is 0. The summed E-state index contributed by atoms with van der Waals surface area (Å²) in [6.07, 6.45) is 10.2. The van der Waals surface area contributed by atoms with Crippen LogP contribution in [0, 0.1) is 5.92 Å². The number of aryl methyl sites for hydroxylation is 1. The minimum atomic E-state index is -0.457. The smallest absolute Gasteiger partial charge is 0.341 e. The Bertz CT molecular complexity index is 1060. The van der Waals surface area contributed by atoms with E-state index in [9.17, 15) is 14.4 Å². The fourth-order valence-electron chi connectivity index (χ4n) is 4.55. The van der Waals surface area contributed by atoms with E-state index in [0.717, 1.165) is 63.4 Å². The van der Waals surface area contributed by atoms with Crippen LogP contribution in [-0.2, 0) is 27.2 Å². The van der Waals surface area contributed by atoms with Crippen LogP contribution in [0.1, 0.15) is 86.0 Å². The number of esters is 1. The van der Waals surface area contributed by atoms with Crippen LogP contribution in [-0.4, -0.2) is 39.8 Å². The third-order valence-electron chi connectivity index (χ3n) is 6.40. The number of thiophene rings is 1. The van der Waals surface area contributed by atoms with Gasteiger partial charge in [-0.15, -0.1) is 21.5 Å². The highest BCUT2D eigenvalue weighted by Crippen LogP contribution is 2.39. The average molecular weight is 537 g/mol. The van der Waals surface area contributed by atoms with Gasteiger partial charge >= 0.3 is 5.97 Å². The quantitative estimate of drug-likeness (QED) is 0.193.